The van der Waals surface area contributed by atoms with Gasteiger partial charge in [0.25, 0.3) is 5.91 Å². The van der Waals surface area contributed by atoms with Gasteiger partial charge < -0.3 is 15.9 Å². The predicted octanol–water partition coefficient (Wildman–Crippen LogP) is -0.133. The molecule has 1 aromatic carbocycles. The summed E-state index contributed by atoms with van der Waals surface area (Å²) in [4.78, 5) is 19.3. The number of hydrazine groups is 2. The highest BCUT2D eigenvalue weighted by molar-refractivity contribution is 5.81. The van der Waals surface area contributed by atoms with Crippen LogP contribution >= 0.6 is 0 Å². The zero-order valence-corrected chi connectivity index (χ0v) is 11.0. The first-order valence-electron chi connectivity index (χ1n) is 6.00. The minimum atomic E-state index is -0.390. The second-order valence-corrected chi connectivity index (χ2v) is 3.90. The lowest BCUT2D eigenvalue weighted by atomic mass is 10.3. The standard InChI is InChI=1S/C12H15N7O2/c13-10-11(17-14)15-7-16-12(10)19-18-9(20)6-21-8-4-2-1-3-5-8/h1-5,7H,6,13-14H2,(H,18,20)(H2,15,16,17,19). The first kappa shape index (κ1) is 14.3. The lowest BCUT2D eigenvalue weighted by Crippen LogP contribution is -2.34. The number of nitrogens with zero attached hydrogens (tertiary/aromatic N) is 2. The number of hydrogen-bond acceptors (Lipinski definition) is 8. The summed E-state index contributed by atoms with van der Waals surface area (Å²) in [6.45, 7) is -0.149. The number of nitrogen functional groups attached to an aromatic ring is 2. The average molecular weight is 289 g/mol. The van der Waals surface area contributed by atoms with Gasteiger partial charge in [-0.15, -0.1) is 0 Å². The first-order valence-corrected chi connectivity index (χ1v) is 6.00. The Bertz CT molecular complexity index is 606. The Labute approximate surface area is 120 Å². The topological polar surface area (TPSA) is 140 Å². The van der Waals surface area contributed by atoms with Gasteiger partial charge in [-0.2, -0.15) is 0 Å². The van der Waals surface area contributed by atoms with Crippen molar-refractivity contribution in [3.8, 4) is 5.75 Å². The van der Waals surface area contributed by atoms with E-state index in [2.05, 4.69) is 26.2 Å². The van der Waals surface area contributed by atoms with Crippen LogP contribution in [0.4, 0.5) is 17.3 Å². The summed E-state index contributed by atoms with van der Waals surface area (Å²) in [7, 11) is 0. The van der Waals surface area contributed by atoms with E-state index in [4.69, 9.17) is 16.3 Å². The number of nitrogens with one attached hydrogen (secondary N) is 3. The lowest BCUT2D eigenvalue weighted by molar-refractivity contribution is -0.122. The maximum atomic E-state index is 11.6. The summed E-state index contributed by atoms with van der Waals surface area (Å²) in [5.74, 6) is 5.92. The average Bonchev–Trinajstić information content (AvgIpc) is 2.53. The van der Waals surface area contributed by atoms with Gasteiger partial charge in [0, 0.05) is 0 Å². The second kappa shape index (κ2) is 6.91. The molecule has 0 unspecified atom stereocenters. The maximum Gasteiger partial charge on any atom is 0.276 e. The first-order chi connectivity index (χ1) is 10.2. The van der Waals surface area contributed by atoms with Crippen LogP contribution in [0.15, 0.2) is 36.7 Å². The molecule has 2 aromatic rings. The minimum Gasteiger partial charge on any atom is -0.484 e. The van der Waals surface area contributed by atoms with Gasteiger partial charge in [-0.1, -0.05) is 18.2 Å². The van der Waals surface area contributed by atoms with E-state index < -0.39 is 0 Å². The van der Waals surface area contributed by atoms with Crippen molar-refractivity contribution in [3.63, 3.8) is 0 Å². The van der Waals surface area contributed by atoms with Crippen molar-refractivity contribution in [2.75, 3.05) is 23.2 Å². The molecule has 7 N–H and O–H groups in total. The highest BCUT2D eigenvalue weighted by atomic mass is 16.5. The normalized spacial score (nSPS) is 9.76. The zero-order valence-electron chi connectivity index (χ0n) is 11.0. The molecule has 1 amide bonds. The summed E-state index contributed by atoms with van der Waals surface area (Å²) in [5, 5.41) is 0. The van der Waals surface area contributed by atoms with Crippen LogP contribution in [0.5, 0.6) is 5.75 Å². The van der Waals surface area contributed by atoms with Crippen molar-refractivity contribution in [1.82, 2.24) is 15.4 Å². The van der Waals surface area contributed by atoms with Crippen LogP contribution in [0, 0.1) is 0 Å². The third kappa shape index (κ3) is 3.94. The largest absolute Gasteiger partial charge is 0.484 e. The fraction of sp³-hybridized carbons (Fsp3) is 0.0833. The van der Waals surface area contributed by atoms with Crippen LogP contribution in [0.25, 0.3) is 0 Å². The third-order valence-corrected chi connectivity index (χ3v) is 2.45. The number of benzene rings is 1. The predicted molar refractivity (Wildman–Crippen MR) is 78.0 cm³/mol. The van der Waals surface area contributed by atoms with Gasteiger partial charge >= 0.3 is 0 Å². The van der Waals surface area contributed by atoms with Crippen LogP contribution < -0.4 is 32.6 Å². The minimum absolute atomic E-state index is 0.149. The highest BCUT2D eigenvalue weighted by Gasteiger charge is 2.08. The van der Waals surface area contributed by atoms with Gasteiger partial charge in [0.05, 0.1) is 0 Å². The van der Waals surface area contributed by atoms with E-state index in [1.165, 1.54) is 6.33 Å². The highest BCUT2D eigenvalue weighted by Crippen LogP contribution is 2.20. The Hall–Kier alpha value is -3.07. The van der Waals surface area contributed by atoms with Crippen molar-refractivity contribution in [2.45, 2.75) is 0 Å². The Morgan fingerprint density at radius 3 is 2.62 bits per heavy atom. The summed E-state index contributed by atoms with van der Waals surface area (Å²) in [6.07, 6.45) is 1.25. The van der Waals surface area contributed by atoms with Gasteiger partial charge in [-0.25, -0.2) is 15.8 Å². The Kier molecular flexibility index (Phi) is 4.72. The van der Waals surface area contributed by atoms with Gasteiger partial charge in [-0.05, 0) is 12.1 Å². The van der Waals surface area contributed by atoms with E-state index in [0.717, 1.165) is 0 Å². The Balaban J connectivity index is 1.84. The number of para-hydroxylation sites is 1. The van der Waals surface area contributed by atoms with Crippen molar-refractivity contribution in [1.29, 1.82) is 0 Å². The van der Waals surface area contributed by atoms with E-state index in [0.29, 0.717) is 5.75 Å². The van der Waals surface area contributed by atoms with Gasteiger partial charge in [0.2, 0.25) is 0 Å². The van der Waals surface area contributed by atoms with E-state index in [-0.39, 0.29) is 29.8 Å². The van der Waals surface area contributed by atoms with Crippen LogP contribution in [0.2, 0.25) is 0 Å². The van der Waals surface area contributed by atoms with Crippen LogP contribution in [0.3, 0.4) is 0 Å². The fourth-order valence-electron chi connectivity index (χ4n) is 1.44. The molecular formula is C12H15N7O2. The number of amides is 1. The Morgan fingerprint density at radius 1 is 1.19 bits per heavy atom. The summed E-state index contributed by atoms with van der Waals surface area (Å²) < 4.78 is 5.28. The molecule has 21 heavy (non-hydrogen) atoms. The van der Waals surface area contributed by atoms with Crippen molar-refractivity contribution < 1.29 is 9.53 Å². The number of rotatable bonds is 6. The molecule has 1 heterocycles. The summed E-state index contributed by atoms with van der Waals surface area (Å²) >= 11 is 0. The Morgan fingerprint density at radius 2 is 1.90 bits per heavy atom. The zero-order chi connectivity index (χ0) is 15.1. The molecule has 0 atom stereocenters. The summed E-state index contributed by atoms with van der Waals surface area (Å²) in [5.41, 5.74) is 13.2. The molecule has 0 radical (unpaired) electrons. The van der Waals surface area contributed by atoms with E-state index in [1.807, 2.05) is 18.2 Å². The molecule has 0 aliphatic heterocycles. The molecular weight excluding hydrogens is 274 g/mol. The SMILES string of the molecule is NNc1ncnc(NNC(=O)COc2ccccc2)c1N. The molecule has 9 heteroatoms. The van der Waals surface area contributed by atoms with Gasteiger partial charge in [0.15, 0.2) is 18.2 Å². The molecule has 0 saturated heterocycles. The number of anilines is 3. The molecule has 1 aromatic heterocycles. The number of ether oxygens (including phenoxy) is 1. The molecule has 0 aliphatic rings. The maximum absolute atomic E-state index is 11.6. The second-order valence-electron chi connectivity index (χ2n) is 3.90. The van der Waals surface area contributed by atoms with E-state index in [1.54, 1.807) is 12.1 Å². The van der Waals surface area contributed by atoms with Crippen molar-refractivity contribution in [2.24, 2.45) is 5.84 Å². The smallest absolute Gasteiger partial charge is 0.276 e. The summed E-state index contributed by atoms with van der Waals surface area (Å²) in [6, 6.07) is 8.99. The number of nitrogens with two attached hydrogens (primary N) is 2. The molecule has 9 nitrogen and oxygen atoms in total. The van der Waals surface area contributed by atoms with Crippen LogP contribution in [-0.4, -0.2) is 22.5 Å². The molecule has 0 bridgehead atoms. The van der Waals surface area contributed by atoms with E-state index >= 15 is 0 Å². The number of hydrogen-bond donors (Lipinski definition) is 5. The molecule has 0 aliphatic carbocycles. The molecule has 2 rings (SSSR count). The van der Waals surface area contributed by atoms with Gasteiger partial charge in [0.1, 0.15) is 17.8 Å². The molecule has 0 spiro atoms. The monoisotopic (exact) mass is 289 g/mol. The third-order valence-electron chi connectivity index (χ3n) is 2.45. The van der Waals surface area contributed by atoms with Crippen molar-refractivity contribution in [3.05, 3.63) is 36.7 Å². The molecule has 0 saturated carbocycles. The number of carbonyl (C=O) groups is 1. The van der Waals surface area contributed by atoms with E-state index in [9.17, 15) is 4.79 Å². The van der Waals surface area contributed by atoms with Gasteiger partial charge in [-0.3, -0.25) is 15.6 Å². The van der Waals surface area contributed by atoms with Crippen LogP contribution in [0.1, 0.15) is 0 Å². The lowest BCUT2D eigenvalue weighted by Gasteiger charge is -2.11. The molecule has 0 fully saturated rings. The number of carbonyl (C=O) groups excluding carboxylic acids is 1. The van der Waals surface area contributed by atoms with Crippen LogP contribution in [-0.2, 0) is 4.79 Å². The molecule has 110 valence electrons. The number of aromatic nitrogens is 2. The quantitative estimate of drug-likeness (QED) is 0.366. The fourth-order valence-corrected chi connectivity index (χ4v) is 1.44. The van der Waals surface area contributed by atoms with Crippen molar-refractivity contribution >= 4 is 23.2 Å².